The van der Waals surface area contributed by atoms with Crippen LogP contribution in [0.5, 0.6) is 11.5 Å². The van der Waals surface area contributed by atoms with Gasteiger partial charge in [-0.1, -0.05) is 36.4 Å². The zero-order valence-corrected chi connectivity index (χ0v) is 17.4. The lowest BCUT2D eigenvalue weighted by Crippen LogP contribution is -2.49. The van der Waals surface area contributed by atoms with Crippen molar-refractivity contribution in [2.24, 2.45) is 0 Å². The van der Waals surface area contributed by atoms with E-state index in [4.69, 9.17) is 9.47 Å². The highest BCUT2D eigenvalue weighted by molar-refractivity contribution is 6.10. The van der Waals surface area contributed by atoms with Crippen LogP contribution in [0.15, 0.2) is 48.5 Å². The normalized spacial score (nSPS) is 19.3. The first-order chi connectivity index (χ1) is 14.3. The second-order valence-corrected chi connectivity index (χ2v) is 7.18. The molecule has 1 aliphatic rings. The summed E-state index contributed by atoms with van der Waals surface area (Å²) in [5, 5.41) is 5.47. The van der Waals surface area contributed by atoms with Gasteiger partial charge in [0.05, 0.1) is 14.2 Å². The summed E-state index contributed by atoms with van der Waals surface area (Å²) in [4.78, 5) is 39.4. The van der Waals surface area contributed by atoms with Gasteiger partial charge >= 0.3 is 6.03 Å². The molecule has 8 nitrogen and oxygen atoms in total. The summed E-state index contributed by atoms with van der Waals surface area (Å²) in [6.07, 6.45) is 0. The maximum Gasteiger partial charge on any atom is 0.326 e. The number of carbonyl (C=O) groups is 3. The number of nitrogens with zero attached hydrogens (tertiary/aromatic N) is 1. The van der Waals surface area contributed by atoms with Crippen LogP contribution in [0, 0.1) is 0 Å². The van der Waals surface area contributed by atoms with E-state index in [0.29, 0.717) is 23.6 Å². The van der Waals surface area contributed by atoms with Crippen LogP contribution in [0.1, 0.15) is 25.0 Å². The van der Waals surface area contributed by atoms with Crippen LogP contribution in [0.25, 0.3) is 0 Å². The van der Waals surface area contributed by atoms with Gasteiger partial charge in [-0.05, 0) is 37.1 Å². The number of rotatable bonds is 7. The van der Waals surface area contributed by atoms with Crippen LogP contribution in [0.4, 0.5) is 4.79 Å². The predicted octanol–water partition coefficient (Wildman–Crippen LogP) is 2.18. The van der Waals surface area contributed by atoms with Crippen molar-refractivity contribution in [3.05, 3.63) is 59.7 Å². The summed E-state index contributed by atoms with van der Waals surface area (Å²) in [5.41, 5.74) is 0.119. The van der Waals surface area contributed by atoms with Crippen LogP contribution in [0.2, 0.25) is 0 Å². The Bertz CT molecular complexity index is 963. The third-order valence-electron chi connectivity index (χ3n) is 5.26. The van der Waals surface area contributed by atoms with Gasteiger partial charge in [0.2, 0.25) is 5.91 Å². The summed E-state index contributed by atoms with van der Waals surface area (Å²) in [5.74, 6) is 0.0125. The van der Waals surface area contributed by atoms with Crippen molar-refractivity contribution in [1.29, 1.82) is 0 Å². The molecule has 0 spiro atoms. The van der Waals surface area contributed by atoms with Crippen LogP contribution in [-0.4, -0.2) is 43.0 Å². The Morgan fingerprint density at radius 1 is 1.10 bits per heavy atom. The number of carbonyl (C=O) groups excluding carboxylic acids is 3. The van der Waals surface area contributed by atoms with Gasteiger partial charge in [0.15, 0.2) is 11.5 Å². The molecule has 1 aliphatic heterocycles. The molecule has 0 unspecified atom stereocenters. The average molecular weight is 411 g/mol. The number of ether oxygens (including phenoxy) is 2. The number of nitrogens with one attached hydrogen (secondary N) is 2. The van der Waals surface area contributed by atoms with Crippen LogP contribution in [0.3, 0.4) is 0 Å². The first kappa shape index (κ1) is 21.2. The number of amides is 4. The summed E-state index contributed by atoms with van der Waals surface area (Å²) in [7, 11) is 3.00. The monoisotopic (exact) mass is 411 g/mol. The van der Waals surface area contributed by atoms with E-state index in [-0.39, 0.29) is 0 Å². The highest BCUT2D eigenvalue weighted by Crippen LogP contribution is 2.35. The van der Waals surface area contributed by atoms with Crippen molar-refractivity contribution in [1.82, 2.24) is 15.5 Å². The maximum atomic E-state index is 13.2. The Morgan fingerprint density at radius 3 is 2.40 bits per heavy atom. The van der Waals surface area contributed by atoms with Crippen molar-refractivity contribution in [2.75, 3.05) is 14.2 Å². The number of imide groups is 1. The molecule has 3 rings (SSSR count). The van der Waals surface area contributed by atoms with Crippen molar-refractivity contribution in [2.45, 2.75) is 32.0 Å². The molecule has 2 aromatic carbocycles. The van der Waals surface area contributed by atoms with Crippen molar-refractivity contribution < 1.29 is 23.9 Å². The summed E-state index contributed by atoms with van der Waals surface area (Å²) >= 11 is 0. The lowest BCUT2D eigenvalue weighted by molar-refractivity contribution is -0.137. The molecule has 1 saturated heterocycles. The predicted molar refractivity (Wildman–Crippen MR) is 110 cm³/mol. The van der Waals surface area contributed by atoms with E-state index in [1.807, 2.05) is 30.3 Å². The molecule has 1 fully saturated rings. The van der Waals surface area contributed by atoms with Gasteiger partial charge < -0.3 is 20.1 Å². The molecule has 0 saturated carbocycles. The van der Waals surface area contributed by atoms with Gasteiger partial charge in [0.25, 0.3) is 5.91 Å². The van der Waals surface area contributed by atoms with Gasteiger partial charge in [0.1, 0.15) is 11.6 Å². The molecule has 30 heavy (non-hydrogen) atoms. The van der Waals surface area contributed by atoms with E-state index in [0.717, 1.165) is 10.5 Å². The summed E-state index contributed by atoms with van der Waals surface area (Å²) in [6.45, 7) is 3.43. The molecule has 0 aliphatic carbocycles. The second-order valence-electron chi connectivity index (χ2n) is 7.18. The Morgan fingerprint density at radius 2 is 1.77 bits per heavy atom. The molecule has 2 aromatic rings. The SMILES string of the molecule is COc1ccc([C@@]2(C)NC(=O)N([C@H](C)C(=O)NCc3ccccc3)C2=O)cc1OC. The van der Waals surface area contributed by atoms with E-state index in [2.05, 4.69) is 10.6 Å². The summed E-state index contributed by atoms with van der Waals surface area (Å²) in [6, 6.07) is 12.8. The Balaban J connectivity index is 1.78. The fourth-order valence-electron chi connectivity index (χ4n) is 3.41. The van der Waals surface area contributed by atoms with Gasteiger partial charge in [-0.15, -0.1) is 0 Å². The smallest absolute Gasteiger partial charge is 0.326 e. The van der Waals surface area contributed by atoms with E-state index >= 15 is 0 Å². The standard InChI is InChI=1S/C22H25N3O5/c1-14(19(26)23-13-15-8-6-5-7-9-15)25-20(27)22(2,24-21(25)28)16-10-11-17(29-3)18(12-16)30-4/h5-12,14H,13H2,1-4H3,(H,23,26)(H,24,28)/t14-,22-/m1/s1. The second kappa shape index (κ2) is 8.44. The third kappa shape index (κ3) is 3.80. The van der Waals surface area contributed by atoms with Crippen LogP contribution < -0.4 is 20.1 Å². The Hall–Kier alpha value is -3.55. The number of hydrogen-bond donors (Lipinski definition) is 2. The maximum absolute atomic E-state index is 13.2. The molecular weight excluding hydrogens is 386 g/mol. The zero-order valence-electron chi connectivity index (χ0n) is 17.4. The number of urea groups is 1. The number of methoxy groups -OCH3 is 2. The van der Waals surface area contributed by atoms with Gasteiger partial charge in [-0.2, -0.15) is 0 Å². The highest BCUT2D eigenvalue weighted by atomic mass is 16.5. The number of hydrogen-bond acceptors (Lipinski definition) is 5. The van der Waals surface area contributed by atoms with Crippen molar-refractivity contribution in [3.63, 3.8) is 0 Å². The molecule has 8 heteroatoms. The molecular formula is C22H25N3O5. The van der Waals surface area contributed by atoms with Crippen molar-refractivity contribution in [3.8, 4) is 11.5 Å². The van der Waals surface area contributed by atoms with Gasteiger partial charge in [0, 0.05) is 6.54 Å². The molecule has 0 aromatic heterocycles. The van der Waals surface area contributed by atoms with Crippen LogP contribution >= 0.6 is 0 Å². The van der Waals surface area contributed by atoms with Gasteiger partial charge in [-0.3, -0.25) is 9.59 Å². The largest absolute Gasteiger partial charge is 0.493 e. The number of benzene rings is 2. The first-order valence-electron chi connectivity index (χ1n) is 9.51. The highest BCUT2D eigenvalue weighted by Gasteiger charge is 2.52. The summed E-state index contributed by atoms with van der Waals surface area (Å²) < 4.78 is 10.5. The Kier molecular flexibility index (Phi) is 5.96. The van der Waals surface area contributed by atoms with E-state index in [1.54, 1.807) is 25.1 Å². The average Bonchev–Trinajstić information content (AvgIpc) is 3.00. The van der Waals surface area contributed by atoms with E-state index in [1.165, 1.54) is 21.1 Å². The fraction of sp³-hybridized carbons (Fsp3) is 0.318. The zero-order chi connectivity index (χ0) is 21.9. The third-order valence-corrected chi connectivity index (χ3v) is 5.26. The topological polar surface area (TPSA) is 97.0 Å². The molecule has 4 amide bonds. The molecule has 0 bridgehead atoms. The fourth-order valence-corrected chi connectivity index (χ4v) is 3.41. The van der Waals surface area contributed by atoms with Crippen LogP contribution in [-0.2, 0) is 21.7 Å². The Labute approximate surface area is 175 Å². The minimum atomic E-state index is -1.33. The first-order valence-corrected chi connectivity index (χ1v) is 9.51. The lowest BCUT2D eigenvalue weighted by atomic mass is 9.91. The quantitative estimate of drug-likeness (QED) is 0.681. The minimum Gasteiger partial charge on any atom is -0.493 e. The molecule has 2 N–H and O–H groups in total. The van der Waals surface area contributed by atoms with E-state index in [9.17, 15) is 14.4 Å². The van der Waals surface area contributed by atoms with Crippen molar-refractivity contribution >= 4 is 17.8 Å². The lowest BCUT2D eigenvalue weighted by Gasteiger charge is -2.25. The molecule has 0 radical (unpaired) electrons. The van der Waals surface area contributed by atoms with Gasteiger partial charge in [-0.25, -0.2) is 9.69 Å². The molecule has 2 atom stereocenters. The minimum absolute atomic E-state index is 0.306. The molecule has 158 valence electrons. The van der Waals surface area contributed by atoms with E-state index < -0.39 is 29.4 Å². The molecule has 1 heterocycles.